The minimum atomic E-state index is -3.36. The van der Waals surface area contributed by atoms with Crippen molar-refractivity contribution in [1.82, 2.24) is 13.5 Å². The zero-order valence-corrected chi connectivity index (χ0v) is 17.2. The first-order valence-electron chi connectivity index (χ1n) is 8.58. The fourth-order valence-electron chi connectivity index (χ4n) is 2.43. The lowest BCUT2D eigenvalue weighted by atomic mass is 10.2. The molecular formula is C15H33N3O4S2. The van der Waals surface area contributed by atoms with Gasteiger partial charge in [-0.3, -0.25) is 4.90 Å². The number of rotatable bonds is 8. The zero-order chi connectivity index (χ0) is 18.5. The summed E-state index contributed by atoms with van der Waals surface area (Å²) in [4.78, 5) is 1.74. The van der Waals surface area contributed by atoms with Crippen molar-refractivity contribution in [2.24, 2.45) is 11.8 Å². The molecule has 7 nitrogen and oxygen atoms in total. The first-order valence-corrected chi connectivity index (χ1v) is 11.8. The summed E-state index contributed by atoms with van der Waals surface area (Å²) in [6.07, 6.45) is 1.22. The summed E-state index contributed by atoms with van der Waals surface area (Å²) in [5, 5.41) is 0. The predicted molar refractivity (Wildman–Crippen MR) is 97.4 cm³/mol. The molecule has 0 unspecified atom stereocenters. The first-order chi connectivity index (χ1) is 10.9. The Hall–Kier alpha value is -0.220. The predicted octanol–water partition coefficient (Wildman–Crippen LogP) is 1.20. The zero-order valence-electron chi connectivity index (χ0n) is 15.6. The Bertz CT molecular complexity index is 536. The SMILES string of the molecule is CC(C)CCS(=O)(=O)N1CCN(S(=O)(=O)CCC(C)C)CN(C)C1. The molecule has 1 saturated heterocycles. The molecule has 0 spiro atoms. The van der Waals surface area contributed by atoms with Gasteiger partial charge in [0.15, 0.2) is 0 Å². The third kappa shape index (κ3) is 6.95. The van der Waals surface area contributed by atoms with Gasteiger partial charge in [0.05, 0.1) is 24.8 Å². The van der Waals surface area contributed by atoms with E-state index in [2.05, 4.69) is 0 Å². The van der Waals surface area contributed by atoms with E-state index >= 15 is 0 Å². The van der Waals surface area contributed by atoms with E-state index in [-0.39, 0.29) is 37.9 Å². The highest BCUT2D eigenvalue weighted by Gasteiger charge is 2.31. The van der Waals surface area contributed by atoms with Gasteiger partial charge in [-0.15, -0.1) is 0 Å². The maximum atomic E-state index is 12.5. The average Bonchev–Trinajstić information content (AvgIpc) is 2.66. The highest BCUT2D eigenvalue weighted by molar-refractivity contribution is 7.89. The van der Waals surface area contributed by atoms with Gasteiger partial charge < -0.3 is 0 Å². The third-order valence-corrected chi connectivity index (χ3v) is 7.76. The Morgan fingerprint density at radius 2 is 1.08 bits per heavy atom. The maximum absolute atomic E-state index is 12.5. The summed E-state index contributed by atoms with van der Waals surface area (Å²) in [6.45, 7) is 8.87. The van der Waals surface area contributed by atoms with E-state index in [4.69, 9.17) is 0 Å². The Kier molecular flexibility index (Phi) is 8.12. The normalized spacial score (nSPS) is 20.0. The van der Waals surface area contributed by atoms with Gasteiger partial charge in [0.2, 0.25) is 20.0 Å². The summed E-state index contributed by atoms with van der Waals surface area (Å²) in [5.41, 5.74) is 0. The summed E-state index contributed by atoms with van der Waals surface area (Å²) in [7, 11) is -4.97. The molecular weight excluding hydrogens is 350 g/mol. The fourth-order valence-corrected chi connectivity index (χ4v) is 5.95. The highest BCUT2D eigenvalue weighted by atomic mass is 32.2. The average molecular weight is 384 g/mol. The lowest BCUT2D eigenvalue weighted by Gasteiger charge is -2.24. The molecule has 9 heteroatoms. The van der Waals surface area contributed by atoms with Gasteiger partial charge >= 0.3 is 0 Å². The van der Waals surface area contributed by atoms with Gasteiger partial charge in [-0.1, -0.05) is 27.7 Å². The molecule has 1 rings (SSSR count). The van der Waals surface area contributed by atoms with Gasteiger partial charge in [-0.05, 0) is 31.7 Å². The summed E-state index contributed by atoms with van der Waals surface area (Å²) in [6, 6.07) is 0. The highest BCUT2D eigenvalue weighted by Crippen LogP contribution is 2.15. The van der Waals surface area contributed by atoms with Crippen molar-refractivity contribution in [3.8, 4) is 0 Å². The van der Waals surface area contributed by atoms with Gasteiger partial charge in [0.25, 0.3) is 0 Å². The minimum Gasteiger partial charge on any atom is -0.279 e. The second kappa shape index (κ2) is 8.93. The van der Waals surface area contributed by atoms with Gasteiger partial charge in [-0.2, -0.15) is 8.61 Å². The van der Waals surface area contributed by atoms with Crippen LogP contribution in [-0.2, 0) is 20.0 Å². The lowest BCUT2D eigenvalue weighted by Crippen LogP contribution is -2.40. The summed E-state index contributed by atoms with van der Waals surface area (Å²) < 4.78 is 52.8. The van der Waals surface area contributed by atoms with Gasteiger partial charge in [0, 0.05) is 13.1 Å². The molecule has 0 atom stereocenters. The van der Waals surface area contributed by atoms with Crippen molar-refractivity contribution in [3.63, 3.8) is 0 Å². The van der Waals surface area contributed by atoms with Crippen LogP contribution in [0.2, 0.25) is 0 Å². The minimum absolute atomic E-state index is 0.110. The Balaban J connectivity index is 2.78. The number of hydrogen-bond donors (Lipinski definition) is 0. The molecule has 1 fully saturated rings. The van der Waals surface area contributed by atoms with Crippen LogP contribution < -0.4 is 0 Å². The fraction of sp³-hybridized carbons (Fsp3) is 1.00. The standard InChI is InChI=1S/C15H33N3O4S2/c1-14(2)6-10-23(19,20)17-8-9-18(13-16(5)12-17)24(21,22)11-7-15(3)4/h14-15H,6-13H2,1-5H3. The second-order valence-electron chi connectivity index (χ2n) is 7.49. The van der Waals surface area contributed by atoms with Crippen molar-refractivity contribution >= 4 is 20.0 Å². The van der Waals surface area contributed by atoms with Crippen LogP contribution >= 0.6 is 0 Å². The van der Waals surface area contributed by atoms with Crippen molar-refractivity contribution in [1.29, 1.82) is 0 Å². The quantitative estimate of drug-likeness (QED) is 0.629. The maximum Gasteiger partial charge on any atom is 0.215 e. The van der Waals surface area contributed by atoms with E-state index in [1.54, 1.807) is 11.9 Å². The van der Waals surface area contributed by atoms with E-state index < -0.39 is 20.0 Å². The van der Waals surface area contributed by atoms with Crippen LogP contribution in [0.25, 0.3) is 0 Å². The molecule has 144 valence electrons. The van der Waals surface area contributed by atoms with Gasteiger partial charge in [-0.25, -0.2) is 16.8 Å². The van der Waals surface area contributed by atoms with Crippen molar-refractivity contribution in [2.75, 3.05) is 45.0 Å². The molecule has 0 bridgehead atoms. The molecule has 1 aliphatic heterocycles. The smallest absolute Gasteiger partial charge is 0.215 e. The van der Waals surface area contributed by atoms with E-state index in [9.17, 15) is 16.8 Å². The summed E-state index contributed by atoms with van der Waals surface area (Å²) >= 11 is 0. The van der Waals surface area contributed by atoms with E-state index in [1.165, 1.54) is 8.61 Å². The first kappa shape index (κ1) is 21.8. The molecule has 0 aromatic rings. The molecule has 0 aliphatic carbocycles. The third-order valence-electron chi connectivity index (χ3n) is 4.09. The molecule has 0 aromatic heterocycles. The van der Waals surface area contributed by atoms with E-state index in [0.29, 0.717) is 24.7 Å². The largest absolute Gasteiger partial charge is 0.279 e. The van der Waals surface area contributed by atoms with Crippen LogP contribution in [0.15, 0.2) is 0 Å². The number of hydrogen-bond acceptors (Lipinski definition) is 5. The van der Waals surface area contributed by atoms with Crippen molar-refractivity contribution < 1.29 is 16.8 Å². The van der Waals surface area contributed by atoms with Crippen LogP contribution in [0.1, 0.15) is 40.5 Å². The molecule has 0 amide bonds. The van der Waals surface area contributed by atoms with Gasteiger partial charge in [0.1, 0.15) is 0 Å². The number of sulfonamides is 2. The van der Waals surface area contributed by atoms with Crippen molar-refractivity contribution in [2.45, 2.75) is 40.5 Å². The van der Waals surface area contributed by atoms with Crippen LogP contribution in [0.3, 0.4) is 0 Å². The Labute approximate surface area is 148 Å². The van der Waals surface area contributed by atoms with Crippen molar-refractivity contribution in [3.05, 3.63) is 0 Å². The Morgan fingerprint density at radius 1 is 0.750 bits per heavy atom. The Morgan fingerprint density at radius 3 is 1.38 bits per heavy atom. The molecule has 0 N–H and O–H groups in total. The topological polar surface area (TPSA) is 78.0 Å². The molecule has 24 heavy (non-hydrogen) atoms. The molecule has 0 aromatic carbocycles. The lowest BCUT2D eigenvalue weighted by molar-refractivity contribution is 0.225. The second-order valence-corrected chi connectivity index (χ2v) is 11.7. The van der Waals surface area contributed by atoms with Crippen LogP contribution in [0.4, 0.5) is 0 Å². The van der Waals surface area contributed by atoms with E-state index in [1.807, 2.05) is 27.7 Å². The van der Waals surface area contributed by atoms with Crippen LogP contribution in [0, 0.1) is 11.8 Å². The molecule has 0 radical (unpaired) electrons. The molecule has 1 heterocycles. The van der Waals surface area contributed by atoms with Crippen LogP contribution in [-0.4, -0.2) is 75.3 Å². The summed E-state index contributed by atoms with van der Waals surface area (Å²) in [5.74, 6) is 0.854. The molecule has 1 aliphatic rings. The number of nitrogens with zero attached hydrogens (tertiary/aromatic N) is 3. The van der Waals surface area contributed by atoms with E-state index in [0.717, 1.165) is 0 Å². The molecule has 0 saturated carbocycles. The van der Waals surface area contributed by atoms with Crippen LogP contribution in [0.5, 0.6) is 0 Å². The monoisotopic (exact) mass is 383 g/mol.